The molecular weight excluding hydrogens is 330 g/mol. The molecule has 1 amide bonds. The minimum atomic E-state index is 0.142. The molecule has 3 aromatic rings. The quantitative estimate of drug-likeness (QED) is 0.703. The summed E-state index contributed by atoms with van der Waals surface area (Å²) in [6.45, 7) is 2.85. The molecule has 0 aliphatic carbocycles. The zero-order valence-electron chi connectivity index (χ0n) is 14.7. The van der Waals surface area contributed by atoms with Crippen molar-refractivity contribution in [1.82, 2.24) is 24.6 Å². The highest BCUT2D eigenvalue weighted by Crippen LogP contribution is 2.23. The van der Waals surface area contributed by atoms with Gasteiger partial charge in [0.25, 0.3) is 0 Å². The molecular formula is C18H21N7O. The van der Waals surface area contributed by atoms with Crippen molar-refractivity contribution < 1.29 is 4.79 Å². The Balaban J connectivity index is 1.42. The number of aromatic nitrogens is 4. The van der Waals surface area contributed by atoms with Gasteiger partial charge in [0.2, 0.25) is 5.91 Å². The van der Waals surface area contributed by atoms with Crippen LogP contribution in [-0.2, 0) is 18.3 Å². The fourth-order valence-corrected chi connectivity index (χ4v) is 3.29. The lowest BCUT2D eigenvalue weighted by Gasteiger charge is -2.35. The molecule has 1 aromatic carbocycles. The molecule has 8 heteroatoms. The van der Waals surface area contributed by atoms with Crippen molar-refractivity contribution in [3.05, 3.63) is 42.4 Å². The van der Waals surface area contributed by atoms with Crippen LogP contribution in [0, 0.1) is 0 Å². The molecule has 0 unspecified atom stereocenters. The minimum Gasteiger partial charge on any atom is -0.399 e. The van der Waals surface area contributed by atoms with Crippen molar-refractivity contribution in [2.45, 2.75) is 6.42 Å². The number of piperazine rings is 1. The Kier molecular flexibility index (Phi) is 4.16. The zero-order chi connectivity index (χ0) is 18.1. The number of hydrogen-bond donors (Lipinski definition) is 1. The molecule has 1 fully saturated rings. The summed E-state index contributed by atoms with van der Waals surface area (Å²) >= 11 is 0. The first kappa shape index (κ1) is 16.3. The number of fused-ring (bicyclic) bond motifs is 1. The first-order chi connectivity index (χ1) is 12.6. The number of hydrogen-bond acceptors (Lipinski definition) is 6. The standard InChI is InChI=1S/C18H21N7O/c1-23-17-15(11-22-23)18(21-12-20-17)25-8-6-24(7-9-25)16(26)10-13-2-4-14(19)5-3-13/h2-5,11-12H,6-10,19H2,1H3. The summed E-state index contributed by atoms with van der Waals surface area (Å²) in [5.74, 6) is 1.03. The number of amides is 1. The van der Waals surface area contributed by atoms with Gasteiger partial charge in [-0.15, -0.1) is 0 Å². The van der Waals surface area contributed by atoms with Crippen molar-refractivity contribution in [3.63, 3.8) is 0 Å². The Morgan fingerprint density at radius 1 is 1.12 bits per heavy atom. The molecule has 2 N–H and O–H groups in total. The summed E-state index contributed by atoms with van der Waals surface area (Å²) in [5.41, 5.74) is 8.21. The van der Waals surface area contributed by atoms with E-state index in [-0.39, 0.29) is 5.91 Å². The van der Waals surface area contributed by atoms with Gasteiger partial charge < -0.3 is 15.5 Å². The maximum atomic E-state index is 12.5. The number of nitrogens with zero attached hydrogens (tertiary/aromatic N) is 6. The van der Waals surface area contributed by atoms with E-state index in [1.807, 2.05) is 36.2 Å². The van der Waals surface area contributed by atoms with E-state index < -0.39 is 0 Å². The summed E-state index contributed by atoms with van der Waals surface area (Å²) < 4.78 is 1.74. The Morgan fingerprint density at radius 2 is 1.85 bits per heavy atom. The largest absolute Gasteiger partial charge is 0.399 e. The number of aryl methyl sites for hydroxylation is 1. The van der Waals surface area contributed by atoms with Crippen molar-refractivity contribution in [2.24, 2.45) is 7.05 Å². The Labute approximate surface area is 151 Å². The number of anilines is 2. The van der Waals surface area contributed by atoms with Crippen molar-refractivity contribution >= 4 is 28.4 Å². The average molecular weight is 351 g/mol. The molecule has 1 aliphatic rings. The molecule has 0 atom stereocenters. The van der Waals surface area contributed by atoms with E-state index in [0.29, 0.717) is 25.2 Å². The zero-order valence-corrected chi connectivity index (χ0v) is 14.7. The molecule has 0 bridgehead atoms. The van der Waals surface area contributed by atoms with Crippen LogP contribution in [0.4, 0.5) is 11.5 Å². The molecule has 8 nitrogen and oxygen atoms in total. The topological polar surface area (TPSA) is 93.2 Å². The molecule has 1 saturated heterocycles. The normalized spacial score (nSPS) is 14.8. The minimum absolute atomic E-state index is 0.142. The number of rotatable bonds is 3. The highest BCUT2D eigenvalue weighted by molar-refractivity contribution is 5.87. The molecule has 3 heterocycles. The van der Waals surface area contributed by atoms with Gasteiger partial charge in [-0.05, 0) is 17.7 Å². The lowest BCUT2D eigenvalue weighted by Crippen LogP contribution is -2.49. The summed E-state index contributed by atoms with van der Waals surface area (Å²) in [4.78, 5) is 25.4. The van der Waals surface area contributed by atoms with Crippen LogP contribution in [0.15, 0.2) is 36.8 Å². The molecule has 2 aromatic heterocycles. The highest BCUT2D eigenvalue weighted by Gasteiger charge is 2.23. The van der Waals surface area contributed by atoms with E-state index in [0.717, 1.165) is 35.5 Å². The van der Waals surface area contributed by atoms with Crippen LogP contribution >= 0.6 is 0 Å². The molecule has 0 saturated carbocycles. The Bertz CT molecular complexity index is 926. The smallest absolute Gasteiger partial charge is 0.227 e. The van der Waals surface area contributed by atoms with Crippen molar-refractivity contribution in [2.75, 3.05) is 36.8 Å². The fourth-order valence-electron chi connectivity index (χ4n) is 3.29. The Hall–Kier alpha value is -3.16. The molecule has 4 rings (SSSR count). The third-order valence-electron chi connectivity index (χ3n) is 4.78. The number of nitrogens with two attached hydrogens (primary N) is 1. The predicted molar refractivity (Wildman–Crippen MR) is 99.7 cm³/mol. The first-order valence-corrected chi connectivity index (χ1v) is 8.61. The van der Waals surface area contributed by atoms with Crippen LogP contribution < -0.4 is 10.6 Å². The first-order valence-electron chi connectivity index (χ1n) is 8.61. The molecule has 26 heavy (non-hydrogen) atoms. The van der Waals surface area contributed by atoms with E-state index >= 15 is 0 Å². The van der Waals surface area contributed by atoms with Gasteiger partial charge in [0.1, 0.15) is 12.1 Å². The van der Waals surface area contributed by atoms with Gasteiger partial charge >= 0.3 is 0 Å². The summed E-state index contributed by atoms with van der Waals surface area (Å²) in [5, 5.41) is 5.20. The number of nitrogen functional groups attached to an aromatic ring is 1. The second-order valence-electron chi connectivity index (χ2n) is 6.49. The monoisotopic (exact) mass is 351 g/mol. The molecule has 0 spiro atoms. The van der Waals surface area contributed by atoms with Crippen LogP contribution in [0.3, 0.4) is 0 Å². The van der Waals surface area contributed by atoms with Crippen molar-refractivity contribution in [1.29, 1.82) is 0 Å². The van der Waals surface area contributed by atoms with Gasteiger partial charge in [0, 0.05) is 38.9 Å². The van der Waals surface area contributed by atoms with Crippen LogP contribution in [0.2, 0.25) is 0 Å². The average Bonchev–Trinajstić information content (AvgIpc) is 3.05. The Morgan fingerprint density at radius 3 is 2.58 bits per heavy atom. The lowest BCUT2D eigenvalue weighted by atomic mass is 10.1. The second kappa shape index (κ2) is 6.62. The maximum Gasteiger partial charge on any atom is 0.227 e. The number of carbonyl (C=O) groups excluding carboxylic acids is 1. The fraction of sp³-hybridized carbons (Fsp3) is 0.333. The van der Waals surface area contributed by atoms with E-state index in [1.54, 1.807) is 17.2 Å². The van der Waals surface area contributed by atoms with Gasteiger partial charge in [-0.1, -0.05) is 12.1 Å². The number of carbonyl (C=O) groups is 1. The van der Waals surface area contributed by atoms with E-state index in [2.05, 4.69) is 20.0 Å². The van der Waals surface area contributed by atoms with E-state index in [9.17, 15) is 4.79 Å². The highest BCUT2D eigenvalue weighted by atomic mass is 16.2. The second-order valence-corrected chi connectivity index (χ2v) is 6.49. The van der Waals surface area contributed by atoms with Crippen LogP contribution in [0.5, 0.6) is 0 Å². The van der Waals surface area contributed by atoms with E-state index in [1.165, 1.54) is 0 Å². The molecule has 134 valence electrons. The third kappa shape index (κ3) is 3.05. The third-order valence-corrected chi connectivity index (χ3v) is 4.78. The predicted octanol–water partition coefficient (Wildman–Crippen LogP) is 0.837. The van der Waals surface area contributed by atoms with Gasteiger partial charge in [0.15, 0.2) is 5.65 Å². The summed E-state index contributed by atoms with van der Waals surface area (Å²) in [7, 11) is 1.87. The van der Waals surface area contributed by atoms with Gasteiger partial charge in [-0.2, -0.15) is 5.10 Å². The summed E-state index contributed by atoms with van der Waals surface area (Å²) in [6, 6.07) is 7.47. The van der Waals surface area contributed by atoms with Gasteiger partial charge in [0.05, 0.1) is 18.0 Å². The molecule has 1 aliphatic heterocycles. The van der Waals surface area contributed by atoms with Gasteiger partial charge in [-0.3, -0.25) is 9.48 Å². The SMILES string of the molecule is Cn1ncc2c(N3CCN(C(=O)Cc4ccc(N)cc4)CC3)ncnc21. The lowest BCUT2D eigenvalue weighted by molar-refractivity contribution is -0.130. The molecule has 0 radical (unpaired) electrons. The van der Waals surface area contributed by atoms with Crippen LogP contribution in [0.1, 0.15) is 5.56 Å². The van der Waals surface area contributed by atoms with Crippen LogP contribution in [0.25, 0.3) is 11.0 Å². The van der Waals surface area contributed by atoms with Crippen LogP contribution in [-0.4, -0.2) is 56.7 Å². The number of benzene rings is 1. The van der Waals surface area contributed by atoms with Gasteiger partial charge in [-0.25, -0.2) is 9.97 Å². The maximum absolute atomic E-state index is 12.5. The van der Waals surface area contributed by atoms with Crippen molar-refractivity contribution in [3.8, 4) is 0 Å². The summed E-state index contributed by atoms with van der Waals surface area (Å²) in [6.07, 6.45) is 3.77. The van der Waals surface area contributed by atoms with E-state index in [4.69, 9.17) is 5.73 Å².